The molecule has 124 valence electrons. The van der Waals surface area contributed by atoms with Crippen LogP contribution in [0.5, 0.6) is 0 Å². The van der Waals surface area contributed by atoms with Gasteiger partial charge < -0.3 is 15.3 Å². The highest BCUT2D eigenvalue weighted by Gasteiger charge is 2.34. The number of rotatable bonds is 5. The van der Waals surface area contributed by atoms with E-state index in [1.807, 2.05) is 24.3 Å². The molecule has 0 saturated carbocycles. The zero-order valence-electron chi connectivity index (χ0n) is 12.8. The fourth-order valence-electron chi connectivity index (χ4n) is 2.81. The van der Waals surface area contributed by atoms with Crippen molar-refractivity contribution in [2.45, 2.75) is 38.3 Å². The zero-order valence-corrected chi connectivity index (χ0v) is 14.4. The molecule has 1 aliphatic rings. The van der Waals surface area contributed by atoms with Gasteiger partial charge in [-0.25, -0.2) is 4.79 Å². The number of benzene rings is 1. The van der Waals surface area contributed by atoms with Crippen LogP contribution < -0.4 is 5.32 Å². The number of hydrogen-bond donors (Lipinski definition) is 2. The van der Waals surface area contributed by atoms with E-state index < -0.39 is 18.1 Å². The number of nitrogens with zero attached hydrogens (tertiary/aromatic N) is 1. The Kier molecular flexibility index (Phi) is 5.76. The van der Waals surface area contributed by atoms with Gasteiger partial charge in [0.2, 0.25) is 11.8 Å². The summed E-state index contributed by atoms with van der Waals surface area (Å²) in [4.78, 5) is 36.5. The smallest absolute Gasteiger partial charge is 0.326 e. The largest absolute Gasteiger partial charge is 0.480 e. The second-order valence-electron chi connectivity index (χ2n) is 5.59. The lowest BCUT2D eigenvalue weighted by atomic mass is 10.0. The molecule has 7 heteroatoms. The first-order valence-corrected chi connectivity index (χ1v) is 8.22. The van der Waals surface area contributed by atoms with Crippen molar-refractivity contribution >= 4 is 33.7 Å². The number of halogens is 1. The van der Waals surface area contributed by atoms with Crippen LogP contribution in [0.15, 0.2) is 28.7 Å². The van der Waals surface area contributed by atoms with Crippen LogP contribution in [-0.4, -0.2) is 40.4 Å². The Morgan fingerprint density at radius 3 is 2.57 bits per heavy atom. The summed E-state index contributed by atoms with van der Waals surface area (Å²) in [6.07, 6.45) is 1.21. The molecule has 0 aliphatic carbocycles. The molecule has 2 amide bonds. The van der Waals surface area contributed by atoms with Crippen LogP contribution in [0.25, 0.3) is 0 Å². The molecule has 1 aliphatic heterocycles. The van der Waals surface area contributed by atoms with Crippen molar-refractivity contribution in [2.24, 2.45) is 0 Å². The Morgan fingerprint density at radius 2 is 2.00 bits per heavy atom. The van der Waals surface area contributed by atoms with Gasteiger partial charge in [-0.1, -0.05) is 28.1 Å². The Balaban J connectivity index is 2.14. The summed E-state index contributed by atoms with van der Waals surface area (Å²) in [5.41, 5.74) is 0.808. The van der Waals surface area contributed by atoms with Crippen LogP contribution in [0.3, 0.4) is 0 Å². The topological polar surface area (TPSA) is 86.7 Å². The van der Waals surface area contributed by atoms with Crippen LogP contribution >= 0.6 is 15.9 Å². The van der Waals surface area contributed by atoms with Crippen LogP contribution in [0, 0.1) is 0 Å². The van der Waals surface area contributed by atoms with Gasteiger partial charge in [-0.15, -0.1) is 0 Å². The number of amides is 2. The van der Waals surface area contributed by atoms with Crippen molar-refractivity contribution in [3.05, 3.63) is 34.3 Å². The molecule has 0 bridgehead atoms. The first kappa shape index (κ1) is 17.5. The SMILES string of the molecule is CC(=O)NC(CC(=O)N1CCCC1C(=O)O)c1ccc(Br)cc1. The highest BCUT2D eigenvalue weighted by atomic mass is 79.9. The fourth-order valence-corrected chi connectivity index (χ4v) is 3.07. The van der Waals surface area contributed by atoms with Crippen molar-refractivity contribution in [3.8, 4) is 0 Å². The molecule has 0 radical (unpaired) electrons. The number of hydrogen-bond acceptors (Lipinski definition) is 3. The summed E-state index contributed by atoms with van der Waals surface area (Å²) in [6, 6.07) is 6.11. The first-order chi connectivity index (χ1) is 10.9. The van der Waals surface area contributed by atoms with Gasteiger partial charge in [0, 0.05) is 17.9 Å². The fraction of sp³-hybridized carbons (Fsp3) is 0.438. The molecule has 6 nitrogen and oxygen atoms in total. The minimum atomic E-state index is -0.976. The third-order valence-corrected chi connectivity index (χ3v) is 4.42. The van der Waals surface area contributed by atoms with Gasteiger partial charge in [-0.05, 0) is 30.5 Å². The lowest BCUT2D eigenvalue weighted by Gasteiger charge is -2.25. The quantitative estimate of drug-likeness (QED) is 0.815. The molecule has 2 unspecified atom stereocenters. The number of carboxylic acid groups (broad SMARTS) is 1. The summed E-state index contributed by atoms with van der Waals surface area (Å²) in [6.45, 7) is 1.84. The predicted molar refractivity (Wildman–Crippen MR) is 87.7 cm³/mol. The summed E-state index contributed by atoms with van der Waals surface area (Å²) in [5.74, 6) is -1.46. The number of likely N-dealkylation sites (tertiary alicyclic amines) is 1. The molecule has 0 spiro atoms. The highest BCUT2D eigenvalue weighted by Crippen LogP contribution is 2.24. The van der Waals surface area contributed by atoms with Crippen LogP contribution in [0.4, 0.5) is 0 Å². The monoisotopic (exact) mass is 382 g/mol. The zero-order chi connectivity index (χ0) is 17.0. The molecule has 2 N–H and O–H groups in total. The van der Waals surface area contributed by atoms with Gasteiger partial charge in [-0.3, -0.25) is 9.59 Å². The third-order valence-electron chi connectivity index (χ3n) is 3.89. The molecular weight excluding hydrogens is 364 g/mol. The first-order valence-electron chi connectivity index (χ1n) is 7.43. The molecular formula is C16H19BrN2O4. The van der Waals surface area contributed by atoms with Crippen molar-refractivity contribution in [1.29, 1.82) is 0 Å². The number of nitrogens with one attached hydrogen (secondary N) is 1. The molecule has 2 atom stereocenters. The molecule has 1 aromatic rings. The van der Waals surface area contributed by atoms with Crippen molar-refractivity contribution in [1.82, 2.24) is 10.2 Å². The third kappa shape index (κ3) is 4.54. The number of carboxylic acids is 1. The molecule has 23 heavy (non-hydrogen) atoms. The second kappa shape index (κ2) is 7.59. The molecule has 1 saturated heterocycles. The van der Waals surface area contributed by atoms with E-state index >= 15 is 0 Å². The summed E-state index contributed by atoms with van der Waals surface area (Å²) >= 11 is 3.35. The van der Waals surface area contributed by atoms with Gasteiger partial charge in [0.25, 0.3) is 0 Å². The number of carbonyl (C=O) groups is 3. The van der Waals surface area contributed by atoms with E-state index in [1.54, 1.807) is 0 Å². The van der Waals surface area contributed by atoms with Crippen LogP contribution in [-0.2, 0) is 14.4 Å². The Morgan fingerprint density at radius 1 is 1.35 bits per heavy atom. The van der Waals surface area contributed by atoms with Crippen molar-refractivity contribution < 1.29 is 19.5 Å². The van der Waals surface area contributed by atoms with Gasteiger partial charge in [0.05, 0.1) is 12.5 Å². The lowest BCUT2D eigenvalue weighted by molar-refractivity contribution is -0.148. The number of carbonyl (C=O) groups excluding carboxylic acids is 2. The van der Waals surface area contributed by atoms with E-state index in [1.165, 1.54) is 11.8 Å². The van der Waals surface area contributed by atoms with E-state index in [9.17, 15) is 19.5 Å². The van der Waals surface area contributed by atoms with Crippen LogP contribution in [0.1, 0.15) is 37.8 Å². The van der Waals surface area contributed by atoms with E-state index in [2.05, 4.69) is 21.2 Å². The number of aliphatic carboxylic acids is 1. The highest BCUT2D eigenvalue weighted by molar-refractivity contribution is 9.10. The average Bonchev–Trinajstić information content (AvgIpc) is 2.96. The maximum absolute atomic E-state index is 12.5. The van der Waals surface area contributed by atoms with E-state index in [4.69, 9.17) is 0 Å². The minimum absolute atomic E-state index is 0.0466. The van der Waals surface area contributed by atoms with Crippen molar-refractivity contribution in [3.63, 3.8) is 0 Å². The van der Waals surface area contributed by atoms with E-state index in [0.717, 1.165) is 10.0 Å². The van der Waals surface area contributed by atoms with E-state index in [0.29, 0.717) is 19.4 Å². The molecule has 1 aromatic carbocycles. The Hall–Kier alpha value is -1.89. The molecule has 1 heterocycles. The van der Waals surface area contributed by atoms with Crippen molar-refractivity contribution in [2.75, 3.05) is 6.54 Å². The summed E-state index contributed by atoms with van der Waals surface area (Å²) in [7, 11) is 0. The molecule has 0 aromatic heterocycles. The summed E-state index contributed by atoms with van der Waals surface area (Å²) < 4.78 is 0.902. The normalized spacial score (nSPS) is 18.5. The minimum Gasteiger partial charge on any atom is -0.480 e. The Bertz CT molecular complexity index is 603. The van der Waals surface area contributed by atoms with Gasteiger partial charge in [0.1, 0.15) is 6.04 Å². The maximum Gasteiger partial charge on any atom is 0.326 e. The van der Waals surface area contributed by atoms with Gasteiger partial charge >= 0.3 is 5.97 Å². The lowest BCUT2D eigenvalue weighted by Crippen LogP contribution is -2.42. The predicted octanol–water partition coefficient (Wildman–Crippen LogP) is 2.09. The maximum atomic E-state index is 12.5. The van der Waals surface area contributed by atoms with Gasteiger partial charge in [-0.2, -0.15) is 0 Å². The summed E-state index contributed by atoms with van der Waals surface area (Å²) in [5, 5.41) is 12.0. The molecule has 1 fully saturated rings. The van der Waals surface area contributed by atoms with E-state index in [-0.39, 0.29) is 18.2 Å². The standard InChI is InChI=1S/C16H19BrN2O4/c1-10(20)18-13(11-4-6-12(17)7-5-11)9-15(21)19-8-2-3-14(19)16(22)23/h4-7,13-14H,2-3,8-9H2,1H3,(H,18,20)(H,22,23). The molecule has 2 rings (SSSR count). The second-order valence-corrected chi connectivity index (χ2v) is 6.51. The van der Waals surface area contributed by atoms with Gasteiger partial charge in [0.15, 0.2) is 0 Å². The van der Waals surface area contributed by atoms with Crippen LogP contribution in [0.2, 0.25) is 0 Å². The Labute approximate surface area is 143 Å². The average molecular weight is 383 g/mol.